The monoisotopic (exact) mass is 279 g/mol. The number of hydrogen-bond acceptors (Lipinski definition) is 4. The van der Waals surface area contributed by atoms with Crippen LogP contribution >= 0.6 is 11.3 Å². The molecule has 1 saturated heterocycles. The third-order valence-electron chi connectivity index (χ3n) is 4.57. The van der Waals surface area contributed by atoms with Gasteiger partial charge < -0.3 is 5.73 Å². The first kappa shape index (κ1) is 13.6. The van der Waals surface area contributed by atoms with Crippen LogP contribution < -0.4 is 5.73 Å². The van der Waals surface area contributed by atoms with Gasteiger partial charge in [0.2, 0.25) is 0 Å². The zero-order chi connectivity index (χ0) is 13.2. The van der Waals surface area contributed by atoms with E-state index in [0.29, 0.717) is 6.04 Å². The summed E-state index contributed by atoms with van der Waals surface area (Å²) < 4.78 is 0. The molecule has 1 saturated carbocycles. The van der Waals surface area contributed by atoms with Crippen LogP contribution in [0.2, 0.25) is 0 Å². The highest BCUT2D eigenvalue weighted by Gasteiger charge is 2.34. The van der Waals surface area contributed by atoms with Gasteiger partial charge in [-0.2, -0.15) is 11.3 Å². The maximum Gasteiger partial charge on any atom is 0.0508 e. The van der Waals surface area contributed by atoms with E-state index in [9.17, 15) is 0 Å². The minimum Gasteiger partial charge on any atom is -0.326 e. The smallest absolute Gasteiger partial charge is 0.0508 e. The number of thiophene rings is 1. The summed E-state index contributed by atoms with van der Waals surface area (Å²) in [5.74, 6) is 0. The molecule has 2 fully saturated rings. The highest BCUT2D eigenvalue weighted by atomic mass is 32.1. The lowest BCUT2D eigenvalue weighted by atomic mass is 9.98. The highest BCUT2D eigenvalue weighted by Crippen LogP contribution is 2.31. The maximum absolute atomic E-state index is 6.40. The third-order valence-corrected chi connectivity index (χ3v) is 5.27. The topological polar surface area (TPSA) is 32.5 Å². The normalized spacial score (nSPS) is 25.4. The van der Waals surface area contributed by atoms with Crippen LogP contribution in [0.3, 0.4) is 0 Å². The molecule has 1 aromatic rings. The summed E-state index contributed by atoms with van der Waals surface area (Å²) in [6.45, 7) is 6.99. The van der Waals surface area contributed by atoms with E-state index in [2.05, 4.69) is 33.6 Å². The van der Waals surface area contributed by atoms with Crippen LogP contribution in [0.4, 0.5) is 0 Å². The Morgan fingerprint density at radius 3 is 2.58 bits per heavy atom. The van der Waals surface area contributed by atoms with E-state index in [1.54, 1.807) is 11.3 Å². The van der Waals surface area contributed by atoms with Gasteiger partial charge in [-0.3, -0.25) is 9.80 Å². The molecule has 4 heteroatoms. The quantitative estimate of drug-likeness (QED) is 0.898. The zero-order valence-electron chi connectivity index (χ0n) is 11.8. The van der Waals surface area contributed by atoms with Crippen LogP contribution in [0.25, 0.3) is 0 Å². The van der Waals surface area contributed by atoms with Gasteiger partial charge in [0, 0.05) is 38.3 Å². The lowest BCUT2D eigenvalue weighted by Crippen LogP contribution is -2.51. The first-order chi connectivity index (χ1) is 9.29. The van der Waals surface area contributed by atoms with Crippen molar-refractivity contribution in [3.05, 3.63) is 22.4 Å². The number of nitrogens with two attached hydrogens (primary N) is 1. The lowest BCUT2D eigenvalue weighted by molar-refractivity contribution is 0.0797. The van der Waals surface area contributed by atoms with Gasteiger partial charge in [-0.05, 0) is 41.7 Å². The van der Waals surface area contributed by atoms with Gasteiger partial charge in [-0.25, -0.2) is 0 Å². The fourth-order valence-electron chi connectivity index (χ4n) is 3.22. The van der Waals surface area contributed by atoms with Crippen LogP contribution in [0.5, 0.6) is 0 Å². The minimum atomic E-state index is 0.252. The molecular weight excluding hydrogens is 254 g/mol. The summed E-state index contributed by atoms with van der Waals surface area (Å²) in [5, 5.41) is 4.44. The third kappa shape index (κ3) is 3.02. The van der Waals surface area contributed by atoms with Gasteiger partial charge >= 0.3 is 0 Å². The van der Waals surface area contributed by atoms with Gasteiger partial charge in [0.05, 0.1) is 6.04 Å². The summed E-state index contributed by atoms with van der Waals surface area (Å²) in [5.41, 5.74) is 7.81. The summed E-state index contributed by atoms with van der Waals surface area (Å²) in [7, 11) is 0. The minimum absolute atomic E-state index is 0.252. The van der Waals surface area contributed by atoms with E-state index < -0.39 is 0 Å². The van der Waals surface area contributed by atoms with Crippen molar-refractivity contribution in [3.8, 4) is 0 Å². The highest BCUT2D eigenvalue weighted by molar-refractivity contribution is 7.07. The van der Waals surface area contributed by atoms with E-state index in [-0.39, 0.29) is 6.04 Å². The molecule has 2 atom stereocenters. The van der Waals surface area contributed by atoms with E-state index in [1.165, 1.54) is 44.6 Å². The molecule has 1 aromatic heterocycles. The van der Waals surface area contributed by atoms with E-state index in [1.807, 2.05) is 0 Å². The molecule has 0 bridgehead atoms. The molecule has 1 aliphatic carbocycles. The van der Waals surface area contributed by atoms with Crippen molar-refractivity contribution in [3.63, 3.8) is 0 Å². The molecule has 106 valence electrons. The van der Waals surface area contributed by atoms with E-state index in [0.717, 1.165) is 12.5 Å². The Hall–Kier alpha value is -0.420. The number of piperazine rings is 1. The molecule has 2 N–H and O–H groups in total. The van der Waals surface area contributed by atoms with Crippen LogP contribution in [-0.2, 0) is 0 Å². The Kier molecular flexibility index (Phi) is 4.22. The van der Waals surface area contributed by atoms with Crippen LogP contribution in [0, 0.1) is 0 Å². The molecule has 0 radical (unpaired) electrons. The standard InChI is InChI=1S/C15H25N3S/c1-2-14(16)15(12-5-10-19-11-12)18-8-6-17(7-9-18)13-3-4-13/h5,10-11,13-15H,2-4,6-9,16H2,1H3. The van der Waals surface area contributed by atoms with Gasteiger partial charge in [0.15, 0.2) is 0 Å². The summed E-state index contributed by atoms with van der Waals surface area (Å²) in [6.07, 6.45) is 3.88. The number of hydrogen-bond donors (Lipinski definition) is 1. The summed E-state index contributed by atoms with van der Waals surface area (Å²) >= 11 is 1.78. The fraction of sp³-hybridized carbons (Fsp3) is 0.733. The summed E-state index contributed by atoms with van der Waals surface area (Å²) in [4.78, 5) is 5.27. The van der Waals surface area contributed by atoms with Crippen molar-refractivity contribution < 1.29 is 0 Å². The number of rotatable bonds is 5. The molecule has 2 heterocycles. The van der Waals surface area contributed by atoms with Crippen molar-refractivity contribution in [2.24, 2.45) is 5.73 Å². The van der Waals surface area contributed by atoms with Gasteiger partial charge in [0.1, 0.15) is 0 Å². The summed E-state index contributed by atoms with van der Waals surface area (Å²) in [6, 6.07) is 3.82. The Morgan fingerprint density at radius 2 is 2.05 bits per heavy atom. The SMILES string of the molecule is CCC(N)C(c1ccsc1)N1CCN(C2CC2)CC1. The molecule has 2 aliphatic rings. The Morgan fingerprint density at radius 1 is 1.32 bits per heavy atom. The van der Waals surface area contributed by atoms with Gasteiger partial charge in [-0.1, -0.05) is 6.92 Å². The lowest BCUT2D eigenvalue weighted by Gasteiger charge is -2.41. The van der Waals surface area contributed by atoms with Crippen molar-refractivity contribution in [1.82, 2.24) is 9.80 Å². The molecule has 0 spiro atoms. The van der Waals surface area contributed by atoms with Crippen molar-refractivity contribution in [1.29, 1.82) is 0 Å². The molecular formula is C15H25N3S. The second-order valence-corrected chi connectivity index (χ2v) is 6.66. The predicted molar refractivity (Wildman–Crippen MR) is 81.5 cm³/mol. The van der Waals surface area contributed by atoms with E-state index in [4.69, 9.17) is 5.73 Å². The largest absolute Gasteiger partial charge is 0.326 e. The molecule has 2 unspecified atom stereocenters. The Bertz CT molecular complexity index is 380. The molecule has 3 nitrogen and oxygen atoms in total. The van der Waals surface area contributed by atoms with Crippen molar-refractivity contribution in [2.45, 2.75) is 44.3 Å². The molecule has 3 rings (SSSR count). The van der Waals surface area contributed by atoms with Gasteiger partial charge in [0.25, 0.3) is 0 Å². The van der Waals surface area contributed by atoms with Crippen molar-refractivity contribution >= 4 is 11.3 Å². The maximum atomic E-state index is 6.40. The van der Waals surface area contributed by atoms with E-state index >= 15 is 0 Å². The average Bonchev–Trinajstić information content (AvgIpc) is 3.17. The zero-order valence-corrected chi connectivity index (χ0v) is 12.6. The molecule has 1 aliphatic heterocycles. The molecule has 0 aromatic carbocycles. The Labute approximate surface area is 120 Å². The first-order valence-corrected chi connectivity index (χ1v) is 8.49. The average molecular weight is 279 g/mol. The number of nitrogens with zero attached hydrogens (tertiary/aromatic N) is 2. The molecule has 0 amide bonds. The fourth-order valence-corrected chi connectivity index (χ4v) is 3.91. The molecule has 19 heavy (non-hydrogen) atoms. The van der Waals surface area contributed by atoms with Gasteiger partial charge in [-0.15, -0.1) is 0 Å². The predicted octanol–water partition coefficient (Wildman–Crippen LogP) is 2.31. The van der Waals surface area contributed by atoms with Crippen LogP contribution in [0.15, 0.2) is 16.8 Å². The second kappa shape index (κ2) is 5.92. The Balaban J connectivity index is 1.66. The first-order valence-electron chi connectivity index (χ1n) is 7.55. The van der Waals surface area contributed by atoms with Crippen molar-refractivity contribution in [2.75, 3.05) is 26.2 Å². The second-order valence-electron chi connectivity index (χ2n) is 5.88. The van der Waals surface area contributed by atoms with Crippen LogP contribution in [-0.4, -0.2) is 48.1 Å². The van der Waals surface area contributed by atoms with Crippen LogP contribution in [0.1, 0.15) is 37.8 Å².